The van der Waals surface area contributed by atoms with Crippen LogP contribution in [0, 0.1) is 11.8 Å². The summed E-state index contributed by atoms with van der Waals surface area (Å²) in [5.41, 5.74) is 3.82. The summed E-state index contributed by atoms with van der Waals surface area (Å²) >= 11 is 0. The van der Waals surface area contributed by atoms with E-state index in [1.165, 1.54) is 5.01 Å². The third kappa shape index (κ3) is 3.48. The van der Waals surface area contributed by atoms with Crippen LogP contribution in [-0.4, -0.2) is 35.7 Å². The number of hydrogen-bond acceptors (Lipinski definition) is 3. The van der Waals surface area contributed by atoms with E-state index in [0.717, 1.165) is 38.8 Å². The Bertz CT molecular complexity index is 781. The van der Waals surface area contributed by atoms with Crippen LogP contribution in [0.2, 0.25) is 0 Å². The number of nitrogens with one attached hydrogen (secondary N) is 1. The van der Waals surface area contributed by atoms with Crippen LogP contribution < -0.4 is 10.4 Å². The summed E-state index contributed by atoms with van der Waals surface area (Å²) in [6.45, 7) is 1.55. The maximum absolute atomic E-state index is 12.9. The van der Waals surface area contributed by atoms with E-state index in [4.69, 9.17) is 0 Å². The van der Waals surface area contributed by atoms with Crippen molar-refractivity contribution in [2.24, 2.45) is 11.8 Å². The summed E-state index contributed by atoms with van der Waals surface area (Å²) in [6.07, 6.45) is 9.50. The van der Waals surface area contributed by atoms with Gasteiger partial charge in [-0.15, -0.1) is 0 Å². The number of anilines is 1. The number of rotatable bonds is 2. The second kappa shape index (κ2) is 7.55. The number of amides is 3. The monoisotopic (exact) mass is 367 g/mol. The zero-order valence-corrected chi connectivity index (χ0v) is 15.4. The third-order valence-corrected chi connectivity index (χ3v) is 5.77. The second-order valence-corrected chi connectivity index (χ2v) is 7.56. The minimum absolute atomic E-state index is 0.00647. The molecule has 0 radical (unpaired) electrons. The molecule has 3 amide bonds. The van der Waals surface area contributed by atoms with Gasteiger partial charge in [-0.2, -0.15) is 0 Å². The molecule has 2 heterocycles. The largest absolute Gasteiger partial charge is 0.339 e. The smallest absolute Gasteiger partial charge is 0.253 e. The normalized spacial score (nSPS) is 25.6. The molecule has 1 aromatic carbocycles. The van der Waals surface area contributed by atoms with Crippen LogP contribution in [0.25, 0.3) is 0 Å². The number of allylic oxidation sites excluding steroid dienone is 2. The maximum Gasteiger partial charge on any atom is 0.253 e. The van der Waals surface area contributed by atoms with Crippen LogP contribution in [0.15, 0.2) is 36.4 Å². The highest BCUT2D eigenvalue weighted by atomic mass is 16.2. The Morgan fingerprint density at radius 3 is 2.41 bits per heavy atom. The van der Waals surface area contributed by atoms with Crippen molar-refractivity contribution in [2.75, 3.05) is 18.1 Å². The van der Waals surface area contributed by atoms with Gasteiger partial charge in [-0.25, -0.2) is 5.01 Å². The lowest BCUT2D eigenvalue weighted by Crippen LogP contribution is -2.59. The van der Waals surface area contributed by atoms with E-state index in [9.17, 15) is 14.4 Å². The van der Waals surface area contributed by atoms with E-state index in [-0.39, 0.29) is 29.6 Å². The fourth-order valence-electron chi connectivity index (χ4n) is 4.22. The molecule has 27 heavy (non-hydrogen) atoms. The van der Waals surface area contributed by atoms with Crippen molar-refractivity contribution in [2.45, 2.75) is 38.5 Å². The van der Waals surface area contributed by atoms with Crippen LogP contribution in [0.4, 0.5) is 5.69 Å². The summed E-state index contributed by atoms with van der Waals surface area (Å²) < 4.78 is 0. The zero-order chi connectivity index (χ0) is 18.8. The van der Waals surface area contributed by atoms with Crippen LogP contribution in [-0.2, 0) is 9.59 Å². The molecule has 6 nitrogen and oxygen atoms in total. The van der Waals surface area contributed by atoms with Crippen molar-refractivity contribution in [1.29, 1.82) is 0 Å². The van der Waals surface area contributed by atoms with Gasteiger partial charge in [-0.3, -0.25) is 19.8 Å². The highest BCUT2D eigenvalue weighted by Crippen LogP contribution is 2.32. The van der Waals surface area contributed by atoms with Crippen molar-refractivity contribution in [1.82, 2.24) is 10.3 Å². The average Bonchev–Trinajstić information content (AvgIpc) is 3.00. The summed E-state index contributed by atoms with van der Waals surface area (Å²) in [6, 6.07) is 7.02. The van der Waals surface area contributed by atoms with E-state index in [0.29, 0.717) is 24.1 Å². The summed E-state index contributed by atoms with van der Waals surface area (Å²) in [5, 5.41) is 1.32. The molecule has 0 saturated carbocycles. The van der Waals surface area contributed by atoms with Crippen LogP contribution in [0.1, 0.15) is 48.9 Å². The van der Waals surface area contributed by atoms with Gasteiger partial charge >= 0.3 is 0 Å². The van der Waals surface area contributed by atoms with Crippen molar-refractivity contribution in [3.05, 3.63) is 42.0 Å². The second-order valence-electron chi connectivity index (χ2n) is 7.56. The van der Waals surface area contributed by atoms with Gasteiger partial charge in [0.1, 0.15) is 0 Å². The number of nitrogens with zero attached hydrogens (tertiary/aromatic N) is 2. The first-order valence-electron chi connectivity index (χ1n) is 9.84. The minimum atomic E-state index is -0.325. The standard InChI is InChI=1S/C21H25N3O3/c25-19-17-10-3-4-11-18(17)21(27)24(22-19)16-9-7-8-15(14-16)20(26)23-12-5-1-2-6-13-23/h3-4,7-9,14,17-18H,1-2,5-6,10-13H2,(H,22,25). The van der Waals surface area contributed by atoms with Crippen LogP contribution >= 0.6 is 0 Å². The predicted molar refractivity (Wildman–Crippen MR) is 102 cm³/mol. The van der Waals surface area contributed by atoms with Crippen molar-refractivity contribution in [3.8, 4) is 0 Å². The Kier molecular flexibility index (Phi) is 4.97. The van der Waals surface area contributed by atoms with E-state index >= 15 is 0 Å². The number of hydrazine groups is 1. The molecule has 4 rings (SSSR count). The first-order valence-corrected chi connectivity index (χ1v) is 9.84. The fourth-order valence-corrected chi connectivity index (χ4v) is 4.22. The van der Waals surface area contributed by atoms with Gasteiger partial charge < -0.3 is 4.90 Å². The molecule has 2 unspecified atom stereocenters. The van der Waals surface area contributed by atoms with Crippen molar-refractivity contribution >= 4 is 23.4 Å². The van der Waals surface area contributed by atoms with Gasteiger partial charge in [0, 0.05) is 18.7 Å². The summed E-state index contributed by atoms with van der Waals surface area (Å²) in [5.74, 6) is -0.862. The van der Waals surface area contributed by atoms with Gasteiger partial charge in [-0.05, 0) is 43.9 Å². The fraction of sp³-hybridized carbons (Fsp3) is 0.476. The number of carbonyl (C=O) groups excluding carboxylic acids is 3. The molecular weight excluding hydrogens is 342 g/mol. The molecule has 3 aliphatic rings. The van der Waals surface area contributed by atoms with Gasteiger partial charge in [0.05, 0.1) is 17.5 Å². The van der Waals surface area contributed by atoms with Gasteiger partial charge in [0.15, 0.2) is 0 Å². The Hall–Kier alpha value is -2.63. The highest BCUT2D eigenvalue weighted by Gasteiger charge is 2.42. The highest BCUT2D eigenvalue weighted by molar-refractivity contribution is 6.05. The van der Waals surface area contributed by atoms with Crippen molar-refractivity contribution < 1.29 is 14.4 Å². The summed E-state index contributed by atoms with van der Waals surface area (Å²) in [4.78, 5) is 40.1. The first-order chi connectivity index (χ1) is 13.1. The predicted octanol–water partition coefficient (Wildman–Crippen LogP) is 2.66. The number of hydrogen-bond donors (Lipinski definition) is 1. The molecule has 0 spiro atoms. The molecule has 2 atom stereocenters. The summed E-state index contributed by atoms with van der Waals surface area (Å²) in [7, 11) is 0. The zero-order valence-electron chi connectivity index (χ0n) is 15.4. The number of likely N-dealkylation sites (tertiary alicyclic amines) is 1. The van der Waals surface area contributed by atoms with E-state index in [2.05, 4.69) is 5.43 Å². The van der Waals surface area contributed by atoms with Gasteiger partial charge in [0.2, 0.25) is 11.8 Å². The molecule has 1 N–H and O–H groups in total. The van der Waals surface area contributed by atoms with Crippen LogP contribution in [0.3, 0.4) is 0 Å². The minimum Gasteiger partial charge on any atom is -0.339 e. The molecule has 1 aliphatic carbocycles. The van der Waals surface area contributed by atoms with E-state index in [1.54, 1.807) is 24.3 Å². The molecule has 2 saturated heterocycles. The van der Waals surface area contributed by atoms with Crippen molar-refractivity contribution in [3.63, 3.8) is 0 Å². The first kappa shape index (κ1) is 17.8. The molecule has 2 fully saturated rings. The SMILES string of the molecule is O=C1NN(c2cccc(C(=O)N3CCCCCC3)c2)C(=O)C2CC=CCC12. The number of carbonyl (C=O) groups is 3. The number of fused-ring (bicyclic) bond motifs is 1. The quantitative estimate of drug-likeness (QED) is 0.817. The average molecular weight is 367 g/mol. The molecule has 142 valence electrons. The molecule has 6 heteroatoms. The number of benzene rings is 1. The van der Waals surface area contributed by atoms with Gasteiger partial charge in [0.25, 0.3) is 5.91 Å². The van der Waals surface area contributed by atoms with E-state index in [1.807, 2.05) is 17.1 Å². The Morgan fingerprint density at radius 2 is 1.67 bits per heavy atom. The van der Waals surface area contributed by atoms with Crippen LogP contribution in [0.5, 0.6) is 0 Å². The lowest BCUT2D eigenvalue weighted by molar-refractivity contribution is -0.139. The lowest BCUT2D eigenvalue weighted by atomic mass is 9.80. The molecule has 0 aromatic heterocycles. The van der Waals surface area contributed by atoms with Gasteiger partial charge in [-0.1, -0.05) is 31.1 Å². The lowest BCUT2D eigenvalue weighted by Gasteiger charge is -2.38. The van der Waals surface area contributed by atoms with E-state index < -0.39 is 0 Å². The Labute approximate surface area is 159 Å². The maximum atomic E-state index is 12.9. The molecular formula is C21H25N3O3. The Balaban J connectivity index is 1.56. The molecule has 0 bridgehead atoms. The topological polar surface area (TPSA) is 69.7 Å². The third-order valence-electron chi connectivity index (χ3n) is 5.77. The Morgan fingerprint density at radius 1 is 0.963 bits per heavy atom. The molecule has 2 aliphatic heterocycles. The molecule has 1 aromatic rings.